The van der Waals surface area contributed by atoms with Crippen LogP contribution in [0.15, 0.2) is 55.0 Å². The smallest absolute Gasteiger partial charge is 0.255 e. The monoisotopic (exact) mass is 449 g/mol. The zero-order valence-corrected chi connectivity index (χ0v) is 18.4. The molecule has 4 rings (SSSR count). The third-order valence-corrected chi connectivity index (χ3v) is 5.26. The number of benzene rings is 2. The van der Waals surface area contributed by atoms with Gasteiger partial charge in [-0.1, -0.05) is 37.3 Å². The van der Waals surface area contributed by atoms with Crippen LogP contribution in [-0.2, 0) is 30.9 Å². The van der Waals surface area contributed by atoms with Gasteiger partial charge >= 0.3 is 0 Å². The number of tetrazole rings is 1. The lowest BCUT2D eigenvalue weighted by Crippen LogP contribution is -2.25. The molecule has 1 amide bonds. The molecule has 0 spiro atoms. The van der Waals surface area contributed by atoms with E-state index in [1.165, 1.54) is 22.6 Å². The minimum absolute atomic E-state index is 0.0449. The lowest BCUT2D eigenvalue weighted by Gasteiger charge is -2.11. The van der Waals surface area contributed by atoms with E-state index >= 15 is 0 Å². The second-order valence-electron chi connectivity index (χ2n) is 7.46. The summed E-state index contributed by atoms with van der Waals surface area (Å²) in [7, 11) is 1.54. The third-order valence-electron chi connectivity index (χ3n) is 5.26. The van der Waals surface area contributed by atoms with E-state index in [0.717, 1.165) is 12.0 Å². The van der Waals surface area contributed by atoms with Gasteiger partial charge in [0.05, 0.1) is 24.4 Å². The molecule has 0 bridgehead atoms. The first kappa shape index (κ1) is 22.3. The fourth-order valence-electron chi connectivity index (χ4n) is 3.52. The van der Waals surface area contributed by atoms with Crippen LogP contribution in [0.5, 0.6) is 0 Å². The maximum absolute atomic E-state index is 14.5. The molecule has 0 saturated carbocycles. The first-order valence-electron chi connectivity index (χ1n) is 10.5. The molecule has 33 heavy (non-hydrogen) atoms. The number of ether oxygens (including phenoxy) is 1. The highest BCUT2D eigenvalue weighted by Crippen LogP contribution is 2.18. The number of aryl methyl sites for hydroxylation is 1. The number of rotatable bonds is 9. The number of aromatic nitrogens is 6. The largest absolute Gasteiger partial charge is 0.378 e. The number of nitrogens with zero attached hydrogens (tertiary/aromatic N) is 6. The molecule has 0 aliphatic carbocycles. The highest BCUT2D eigenvalue weighted by Gasteiger charge is 2.18. The quantitative estimate of drug-likeness (QED) is 0.422. The van der Waals surface area contributed by atoms with Gasteiger partial charge in [-0.2, -0.15) is 5.10 Å². The van der Waals surface area contributed by atoms with Crippen molar-refractivity contribution in [3.05, 3.63) is 88.8 Å². The van der Waals surface area contributed by atoms with Crippen LogP contribution in [0.1, 0.15) is 39.7 Å². The normalized spacial score (nSPS) is 11.0. The lowest BCUT2D eigenvalue weighted by atomic mass is 10.1. The summed E-state index contributed by atoms with van der Waals surface area (Å²) in [6, 6.07) is 12.8. The Kier molecular flexibility index (Phi) is 6.84. The fourth-order valence-corrected chi connectivity index (χ4v) is 3.52. The number of carbonyl (C=O) groups excluding carboxylic acids is 1. The Morgan fingerprint density at radius 3 is 2.64 bits per heavy atom. The van der Waals surface area contributed by atoms with Crippen molar-refractivity contribution < 1.29 is 13.9 Å². The SMILES string of the molecule is CCc1ccc(Cn2cc(C(=O)NCc3c(F)cccc3-n3cnnn3)c(COC)n2)cc1. The molecular formula is C23H24FN7O2. The molecule has 4 aromatic rings. The Hall–Kier alpha value is -3.92. The molecule has 2 aromatic heterocycles. The fraction of sp³-hybridized carbons (Fsp3) is 0.261. The van der Waals surface area contributed by atoms with E-state index in [1.807, 2.05) is 0 Å². The van der Waals surface area contributed by atoms with Gasteiger partial charge in [0.2, 0.25) is 0 Å². The molecule has 0 radical (unpaired) electrons. The van der Waals surface area contributed by atoms with Gasteiger partial charge in [-0.25, -0.2) is 9.07 Å². The summed E-state index contributed by atoms with van der Waals surface area (Å²) < 4.78 is 22.8. The predicted octanol–water partition coefficient (Wildman–Crippen LogP) is 2.69. The molecule has 0 saturated heterocycles. The maximum atomic E-state index is 14.5. The molecule has 0 atom stereocenters. The van der Waals surface area contributed by atoms with Crippen molar-refractivity contribution in [3.8, 4) is 5.69 Å². The Labute approximate surface area is 190 Å². The maximum Gasteiger partial charge on any atom is 0.255 e. The Morgan fingerprint density at radius 2 is 1.94 bits per heavy atom. The van der Waals surface area contributed by atoms with Gasteiger partial charge in [-0.15, -0.1) is 5.10 Å². The molecular weight excluding hydrogens is 425 g/mol. The van der Waals surface area contributed by atoms with Crippen molar-refractivity contribution in [1.29, 1.82) is 0 Å². The van der Waals surface area contributed by atoms with E-state index in [1.54, 1.807) is 30.1 Å². The molecule has 1 N–H and O–H groups in total. The van der Waals surface area contributed by atoms with Crippen molar-refractivity contribution in [2.45, 2.75) is 33.0 Å². The number of nitrogens with one attached hydrogen (secondary N) is 1. The highest BCUT2D eigenvalue weighted by atomic mass is 19.1. The van der Waals surface area contributed by atoms with Crippen LogP contribution in [0.4, 0.5) is 4.39 Å². The number of hydrogen-bond donors (Lipinski definition) is 1. The van der Waals surface area contributed by atoms with Crippen LogP contribution in [0, 0.1) is 5.82 Å². The van der Waals surface area contributed by atoms with Gasteiger partial charge in [-0.05, 0) is 40.1 Å². The van der Waals surface area contributed by atoms with E-state index < -0.39 is 5.82 Å². The zero-order valence-electron chi connectivity index (χ0n) is 18.4. The minimum Gasteiger partial charge on any atom is -0.378 e. The number of amides is 1. The summed E-state index contributed by atoms with van der Waals surface area (Å²) in [6.07, 6.45) is 4.02. The number of hydrogen-bond acceptors (Lipinski definition) is 6. The lowest BCUT2D eigenvalue weighted by molar-refractivity contribution is 0.0945. The van der Waals surface area contributed by atoms with Crippen molar-refractivity contribution >= 4 is 5.91 Å². The van der Waals surface area contributed by atoms with E-state index in [4.69, 9.17) is 4.74 Å². The van der Waals surface area contributed by atoms with Gasteiger partial charge < -0.3 is 10.1 Å². The van der Waals surface area contributed by atoms with Crippen molar-refractivity contribution in [2.75, 3.05) is 7.11 Å². The Balaban J connectivity index is 1.52. The number of methoxy groups -OCH3 is 1. The van der Waals surface area contributed by atoms with Crippen LogP contribution >= 0.6 is 0 Å². The highest BCUT2D eigenvalue weighted by molar-refractivity contribution is 5.95. The first-order valence-corrected chi connectivity index (χ1v) is 10.5. The van der Waals surface area contributed by atoms with Crippen LogP contribution < -0.4 is 5.32 Å². The minimum atomic E-state index is -0.466. The summed E-state index contributed by atoms with van der Waals surface area (Å²) in [5, 5.41) is 18.3. The standard InChI is InChI=1S/C23H24FN7O2/c1-3-16-7-9-17(10-8-16)12-30-13-19(21(27-30)14-33-2)23(32)25-11-18-20(24)5-4-6-22(18)31-15-26-28-29-31/h4-10,13,15H,3,11-12,14H2,1-2H3,(H,25,32). The average molecular weight is 449 g/mol. The zero-order chi connectivity index (χ0) is 23.2. The molecule has 10 heteroatoms. The Morgan fingerprint density at radius 1 is 1.15 bits per heavy atom. The summed E-state index contributed by atoms with van der Waals surface area (Å²) in [5.41, 5.74) is 3.94. The number of halogens is 1. The van der Waals surface area contributed by atoms with Crippen molar-refractivity contribution in [1.82, 2.24) is 35.3 Å². The van der Waals surface area contributed by atoms with Gasteiger partial charge in [-0.3, -0.25) is 9.48 Å². The number of carbonyl (C=O) groups is 1. The molecule has 170 valence electrons. The first-order chi connectivity index (χ1) is 16.1. The predicted molar refractivity (Wildman–Crippen MR) is 118 cm³/mol. The summed E-state index contributed by atoms with van der Waals surface area (Å²) in [5.74, 6) is -0.841. The van der Waals surface area contributed by atoms with Gasteiger partial charge in [0.25, 0.3) is 5.91 Å². The average Bonchev–Trinajstić information content (AvgIpc) is 3.49. The van der Waals surface area contributed by atoms with E-state index in [-0.39, 0.29) is 24.6 Å². The second kappa shape index (κ2) is 10.1. The molecule has 0 aliphatic rings. The van der Waals surface area contributed by atoms with E-state index in [2.05, 4.69) is 57.1 Å². The third kappa shape index (κ3) is 5.12. The molecule has 9 nitrogen and oxygen atoms in total. The van der Waals surface area contributed by atoms with Crippen LogP contribution in [0.2, 0.25) is 0 Å². The summed E-state index contributed by atoms with van der Waals surface area (Å²) in [6.45, 7) is 2.76. The summed E-state index contributed by atoms with van der Waals surface area (Å²) >= 11 is 0. The molecule has 0 aliphatic heterocycles. The van der Waals surface area contributed by atoms with Gasteiger partial charge in [0, 0.05) is 25.4 Å². The van der Waals surface area contributed by atoms with Gasteiger partial charge in [0.1, 0.15) is 17.8 Å². The molecule has 0 fully saturated rings. The van der Waals surface area contributed by atoms with Crippen molar-refractivity contribution in [2.24, 2.45) is 0 Å². The molecule has 0 unspecified atom stereocenters. The summed E-state index contributed by atoms with van der Waals surface area (Å²) in [4.78, 5) is 13.0. The van der Waals surface area contributed by atoms with Gasteiger partial charge in [0.15, 0.2) is 0 Å². The van der Waals surface area contributed by atoms with Crippen molar-refractivity contribution in [3.63, 3.8) is 0 Å². The molecule has 2 heterocycles. The van der Waals surface area contributed by atoms with Crippen LogP contribution in [0.3, 0.4) is 0 Å². The van der Waals surface area contributed by atoms with E-state index in [9.17, 15) is 9.18 Å². The van der Waals surface area contributed by atoms with Crippen LogP contribution in [0.25, 0.3) is 5.69 Å². The molecule has 2 aromatic carbocycles. The van der Waals surface area contributed by atoms with Crippen LogP contribution in [-0.4, -0.2) is 43.0 Å². The van der Waals surface area contributed by atoms with E-state index in [0.29, 0.717) is 23.5 Å². The topological polar surface area (TPSA) is 99.8 Å². The second-order valence-corrected chi connectivity index (χ2v) is 7.46. The Bertz CT molecular complexity index is 1220.